The van der Waals surface area contributed by atoms with Crippen molar-refractivity contribution in [2.24, 2.45) is 23.7 Å². The molecule has 4 aliphatic carbocycles. The Bertz CT molecular complexity index is 571. The lowest BCUT2D eigenvalue weighted by atomic mass is 9.54. The van der Waals surface area contributed by atoms with E-state index in [0.717, 1.165) is 11.8 Å². The molecule has 0 aromatic heterocycles. The summed E-state index contributed by atoms with van der Waals surface area (Å²) in [6, 6.07) is 7.23. The third-order valence-corrected chi connectivity index (χ3v) is 6.58. The Labute approximate surface area is 138 Å². The van der Waals surface area contributed by atoms with Gasteiger partial charge < -0.3 is 4.90 Å². The molecule has 1 amide bonds. The van der Waals surface area contributed by atoms with E-state index in [-0.39, 0.29) is 11.7 Å². The van der Waals surface area contributed by atoms with Crippen LogP contribution in [-0.4, -0.2) is 23.9 Å². The molecule has 0 atom stereocenters. The van der Waals surface area contributed by atoms with E-state index in [2.05, 4.69) is 0 Å². The van der Waals surface area contributed by atoms with Crippen molar-refractivity contribution in [2.75, 3.05) is 7.05 Å². The van der Waals surface area contributed by atoms with Gasteiger partial charge in [0.25, 0.3) is 0 Å². The van der Waals surface area contributed by atoms with E-state index in [4.69, 9.17) is 0 Å². The van der Waals surface area contributed by atoms with E-state index in [1.54, 1.807) is 12.1 Å². The smallest absolute Gasteiger partial charge is 0.222 e. The summed E-state index contributed by atoms with van der Waals surface area (Å²) in [4.78, 5) is 14.7. The minimum atomic E-state index is -0.197. The molecule has 0 unspecified atom stereocenters. The first-order valence-corrected chi connectivity index (χ1v) is 9.11. The Balaban J connectivity index is 1.40. The van der Waals surface area contributed by atoms with Crippen LogP contribution in [0.15, 0.2) is 24.3 Å². The number of hydrogen-bond acceptors (Lipinski definition) is 1. The second-order valence-electron chi connectivity index (χ2n) is 8.02. The van der Waals surface area contributed by atoms with Gasteiger partial charge in [0.1, 0.15) is 5.82 Å². The van der Waals surface area contributed by atoms with Crippen molar-refractivity contribution >= 4 is 5.91 Å². The summed E-state index contributed by atoms with van der Waals surface area (Å²) < 4.78 is 13.7. The molecule has 4 bridgehead atoms. The minimum Gasteiger partial charge on any atom is -0.342 e. The van der Waals surface area contributed by atoms with E-state index in [9.17, 15) is 9.18 Å². The predicted molar refractivity (Wildman–Crippen MR) is 88.3 cm³/mol. The zero-order chi connectivity index (χ0) is 16.0. The summed E-state index contributed by atoms with van der Waals surface area (Å²) in [6.45, 7) is 0. The lowest BCUT2D eigenvalue weighted by Gasteiger charge is -2.56. The Kier molecular flexibility index (Phi) is 3.90. The van der Waals surface area contributed by atoms with Gasteiger partial charge in [-0.05, 0) is 73.8 Å². The molecule has 3 heteroatoms. The first kappa shape index (κ1) is 15.2. The Hall–Kier alpha value is -1.38. The summed E-state index contributed by atoms with van der Waals surface area (Å²) >= 11 is 0. The monoisotopic (exact) mass is 315 g/mol. The fourth-order valence-electron chi connectivity index (χ4n) is 5.81. The molecule has 1 aromatic rings. The molecule has 0 N–H and O–H groups in total. The van der Waals surface area contributed by atoms with Gasteiger partial charge in [-0.15, -0.1) is 0 Å². The van der Waals surface area contributed by atoms with Crippen LogP contribution in [0, 0.1) is 29.5 Å². The zero-order valence-corrected chi connectivity index (χ0v) is 13.9. The number of halogens is 1. The standard InChI is InChI=1S/C20H26FNO/c1-22(19(23)7-6-15-4-2-3-5-18(15)21)20-16-9-13-8-14(11-16)12-17(20)10-13/h2-5,13-14,16-17,20H,6-12H2,1H3. The number of rotatable bonds is 4. The van der Waals surface area contributed by atoms with E-state index in [1.807, 2.05) is 18.0 Å². The molecule has 0 heterocycles. The summed E-state index contributed by atoms with van der Waals surface area (Å²) in [7, 11) is 1.98. The van der Waals surface area contributed by atoms with Gasteiger partial charge in [-0.3, -0.25) is 4.79 Å². The van der Waals surface area contributed by atoms with Gasteiger partial charge in [-0.25, -0.2) is 4.39 Å². The van der Waals surface area contributed by atoms with E-state index in [0.29, 0.717) is 36.3 Å². The maximum atomic E-state index is 13.7. The fourth-order valence-corrected chi connectivity index (χ4v) is 5.81. The van der Waals surface area contributed by atoms with Gasteiger partial charge in [0, 0.05) is 19.5 Å². The van der Waals surface area contributed by atoms with Crippen molar-refractivity contribution in [1.29, 1.82) is 0 Å². The third kappa shape index (κ3) is 2.79. The number of carbonyl (C=O) groups excluding carboxylic acids is 1. The van der Waals surface area contributed by atoms with Gasteiger partial charge in [-0.1, -0.05) is 18.2 Å². The average Bonchev–Trinajstić information content (AvgIpc) is 2.52. The first-order chi connectivity index (χ1) is 11.1. The molecule has 2 nitrogen and oxygen atoms in total. The third-order valence-electron chi connectivity index (χ3n) is 6.58. The normalized spacial score (nSPS) is 34.6. The first-order valence-electron chi connectivity index (χ1n) is 9.11. The summed E-state index contributed by atoms with van der Waals surface area (Å²) in [5, 5.41) is 0. The van der Waals surface area contributed by atoms with Gasteiger partial charge in [0.05, 0.1) is 0 Å². The van der Waals surface area contributed by atoms with Crippen LogP contribution in [0.4, 0.5) is 4.39 Å². The molecule has 124 valence electrons. The van der Waals surface area contributed by atoms with Crippen LogP contribution in [0.5, 0.6) is 0 Å². The molecular weight excluding hydrogens is 289 g/mol. The van der Waals surface area contributed by atoms with Crippen molar-refractivity contribution < 1.29 is 9.18 Å². The Morgan fingerprint density at radius 1 is 1.09 bits per heavy atom. The zero-order valence-electron chi connectivity index (χ0n) is 13.9. The molecule has 4 aliphatic rings. The van der Waals surface area contributed by atoms with E-state index < -0.39 is 0 Å². The summed E-state index contributed by atoms with van der Waals surface area (Å²) in [6.07, 6.45) is 7.64. The second-order valence-corrected chi connectivity index (χ2v) is 8.02. The van der Waals surface area contributed by atoms with E-state index in [1.165, 1.54) is 38.2 Å². The molecule has 4 fully saturated rings. The molecule has 1 aromatic carbocycles. The quantitative estimate of drug-likeness (QED) is 0.821. The molecule has 23 heavy (non-hydrogen) atoms. The minimum absolute atomic E-state index is 0.186. The highest BCUT2D eigenvalue weighted by atomic mass is 19.1. The highest BCUT2D eigenvalue weighted by Crippen LogP contribution is 2.55. The van der Waals surface area contributed by atoms with Crippen LogP contribution in [0.25, 0.3) is 0 Å². The average molecular weight is 315 g/mol. The van der Waals surface area contributed by atoms with Crippen LogP contribution < -0.4 is 0 Å². The maximum Gasteiger partial charge on any atom is 0.222 e. The number of amides is 1. The van der Waals surface area contributed by atoms with Crippen LogP contribution in [0.1, 0.15) is 44.1 Å². The molecule has 0 radical (unpaired) electrons. The summed E-state index contributed by atoms with van der Waals surface area (Å²) in [5.74, 6) is 3.27. The second kappa shape index (κ2) is 5.92. The van der Waals surface area contributed by atoms with Crippen molar-refractivity contribution in [3.8, 4) is 0 Å². The number of hydrogen-bond donors (Lipinski definition) is 0. The number of carbonyl (C=O) groups is 1. The van der Waals surface area contributed by atoms with E-state index >= 15 is 0 Å². The molecular formula is C20H26FNO. The van der Waals surface area contributed by atoms with Gasteiger partial charge in [-0.2, -0.15) is 0 Å². The lowest BCUT2D eigenvalue weighted by molar-refractivity contribution is -0.141. The topological polar surface area (TPSA) is 20.3 Å². The highest BCUT2D eigenvalue weighted by molar-refractivity contribution is 5.76. The van der Waals surface area contributed by atoms with Crippen LogP contribution in [-0.2, 0) is 11.2 Å². The van der Waals surface area contributed by atoms with Crippen LogP contribution >= 0.6 is 0 Å². The molecule has 0 spiro atoms. The SMILES string of the molecule is CN(C(=O)CCc1ccccc1F)C1C2CC3CC(C2)CC1C3. The van der Waals surface area contributed by atoms with Crippen molar-refractivity contribution in [3.63, 3.8) is 0 Å². The van der Waals surface area contributed by atoms with Crippen molar-refractivity contribution in [2.45, 2.75) is 51.0 Å². The predicted octanol–water partition coefficient (Wildman–Crippen LogP) is 4.04. The van der Waals surface area contributed by atoms with Crippen LogP contribution in [0.2, 0.25) is 0 Å². The molecule has 4 saturated carbocycles. The molecule has 0 saturated heterocycles. The van der Waals surface area contributed by atoms with Gasteiger partial charge in [0.15, 0.2) is 0 Å². The number of aryl methyl sites for hydroxylation is 1. The highest BCUT2D eigenvalue weighted by Gasteiger charge is 2.50. The Morgan fingerprint density at radius 2 is 1.70 bits per heavy atom. The maximum absolute atomic E-state index is 13.7. The van der Waals surface area contributed by atoms with Gasteiger partial charge in [0.2, 0.25) is 5.91 Å². The molecule has 5 rings (SSSR count). The molecule has 0 aliphatic heterocycles. The number of benzene rings is 1. The lowest BCUT2D eigenvalue weighted by Crippen LogP contribution is -2.56. The van der Waals surface area contributed by atoms with Crippen molar-refractivity contribution in [3.05, 3.63) is 35.6 Å². The van der Waals surface area contributed by atoms with Gasteiger partial charge >= 0.3 is 0 Å². The van der Waals surface area contributed by atoms with Crippen LogP contribution in [0.3, 0.4) is 0 Å². The number of nitrogens with zero attached hydrogens (tertiary/aromatic N) is 1. The summed E-state index contributed by atoms with van der Waals surface area (Å²) in [5.41, 5.74) is 0.652. The Morgan fingerprint density at radius 3 is 2.30 bits per heavy atom. The van der Waals surface area contributed by atoms with Crippen molar-refractivity contribution in [1.82, 2.24) is 4.90 Å². The largest absolute Gasteiger partial charge is 0.342 e. The fraction of sp³-hybridized carbons (Fsp3) is 0.650.